The highest BCUT2D eigenvalue weighted by Gasteiger charge is 2.34. The Labute approximate surface area is 174 Å². The Kier molecular flexibility index (Phi) is 8.19. The smallest absolute Gasteiger partial charge is 0.416 e. The fraction of sp³-hybridized carbons (Fsp3) is 0.600. The van der Waals surface area contributed by atoms with Gasteiger partial charge >= 0.3 is 12.3 Å². The predicted octanol–water partition coefficient (Wildman–Crippen LogP) is 3.52. The number of benzene rings is 1. The zero-order chi connectivity index (χ0) is 22.3. The molecule has 3 N–H and O–H groups in total. The number of nitrogens with two attached hydrogens (primary N) is 1. The van der Waals surface area contributed by atoms with Crippen molar-refractivity contribution in [1.82, 2.24) is 10.2 Å². The van der Waals surface area contributed by atoms with E-state index in [4.69, 9.17) is 15.2 Å². The van der Waals surface area contributed by atoms with Gasteiger partial charge < -0.3 is 25.4 Å². The Morgan fingerprint density at radius 3 is 2.57 bits per heavy atom. The van der Waals surface area contributed by atoms with E-state index in [1.807, 2.05) is 0 Å². The number of aliphatic imine (C=N–C) groups is 1. The van der Waals surface area contributed by atoms with Gasteiger partial charge in [-0.05, 0) is 51.3 Å². The first kappa shape index (κ1) is 23.6. The van der Waals surface area contributed by atoms with Crippen molar-refractivity contribution in [2.45, 2.75) is 58.5 Å². The second-order valence-corrected chi connectivity index (χ2v) is 7.29. The van der Waals surface area contributed by atoms with Crippen LogP contribution in [0.4, 0.5) is 18.0 Å². The largest absolute Gasteiger partial charge is 0.491 e. The number of likely N-dealkylation sites (tertiary alicyclic amines) is 1. The predicted molar refractivity (Wildman–Crippen MR) is 107 cm³/mol. The van der Waals surface area contributed by atoms with E-state index in [0.717, 1.165) is 6.07 Å². The van der Waals surface area contributed by atoms with Gasteiger partial charge in [0, 0.05) is 19.1 Å². The Hall–Kier alpha value is -2.65. The van der Waals surface area contributed by atoms with Gasteiger partial charge in [0.1, 0.15) is 5.75 Å². The van der Waals surface area contributed by atoms with Crippen LogP contribution in [0.3, 0.4) is 0 Å². The lowest BCUT2D eigenvalue weighted by Crippen LogP contribution is -2.48. The molecule has 1 aromatic carbocycles. The van der Waals surface area contributed by atoms with Gasteiger partial charge in [0.05, 0.1) is 24.8 Å². The summed E-state index contributed by atoms with van der Waals surface area (Å²) < 4.78 is 50.6. The molecule has 1 saturated heterocycles. The van der Waals surface area contributed by atoms with Gasteiger partial charge in [-0.3, -0.25) is 0 Å². The van der Waals surface area contributed by atoms with E-state index in [2.05, 4.69) is 10.3 Å². The molecule has 1 aliphatic heterocycles. The Balaban J connectivity index is 1.97. The highest BCUT2D eigenvalue weighted by Crippen LogP contribution is 2.35. The minimum absolute atomic E-state index is 0.0108. The van der Waals surface area contributed by atoms with Crippen LogP contribution in [0.25, 0.3) is 0 Å². The van der Waals surface area contributed by atoms with Crippen LogP contribution in [0, 0.1) is 0 Å². The highest BCUT2D eigenvalue weighted by molar-refractivity contribution is 5.78. The first-order chi connectivity index (χ1) is 14.1. The third-order valence-corrected chi connectivity index (χ3v) is 4.55. The lowest BCUT2D eigenvalue weighted by molar-refractivity contribution is -0.138. The zero-order valence-corrected chi connectivity index (χ0v) is 17.5. The summed E-state index contributed by atoms with van der Waals surface area (Å²) in [5, 5.41) is 3.02. The molecule has 0 bridgehead atoms. The molecule has 2 rings (SSSR count). The monoisotopic (exact) mass is 430 g/mol. The van der Waals surface area contributed by atoms with Crippen molar-refractivity contribution in [3.05, 3.63) is 29.3 Å². The maximum absolute atomic E-state index is 13.4. The first-order valence-corrected chi connectivity index (χ1v) is 9.95. The van der Waals surface area contributed by atoms with Crippen molar-refractivity contribution in [3.8, 4) is 5.75 Å². The molecule has 0 atom stereocenters. The van der Waals surface area contributed by atoms with Crippen molar-refractivity contribution >= 4 is 12.1 Å². The number of hydrogen-bond acceptors (Lipinski definition) is 4. The van der Waals surface area contributed by atoms with Crippen LogP contribution in [-0.2, 0) is 17.5 Å². The van der Waals surface area contributed by atoms with E-state index in [-0.39, 0.29) is 42.1 Å². The number of piperidine rings is 1. The van der Waals surface area contributed by atoms with Crippen LogP contribution in [0.2, 0.25) is 0 Å². The molecule has 1 heterocycles. The average molecular weight is 430 g/mol. The van der Waals surface area contributed by atoms with E-state index in [1.54, 1.807) is 25.7 Å². The molecule has 0 radical (unpaired) electrons. The van der Waals surface area contributed by atoms with Gasteiger partial charge in [-0.1, -0.05) is 6.07 Å². The van der Waals surface area contributed by atoms with Gasteiger partial charge in [0.2, 0.25) is 0 Å². The van der Waals surface area contributed by atoms with E-state index < -0.39 is 11.7 Å². The number of halogens is 3. The number of nitrogens with zero attached hydrogens (tertiary/aromatic N) is 2. The molecule has 0 unspecified atom stereocenters. The second-order valence-electron chi connectivity index (χ2n) is 7.29. The normalized spacial score (nSPS) is 16.0. The van der Waals surface area contributed by atoms with Gasteiger partial charge in [0.15, 0.2) is 5.96 Å². The van der Waals surface area contributed by atoms with E-state index in [0.29, 0.717) is 32.5 Å². The molecule has 0 spiro atoms. The molecule has 1 aliphatic rings. The Morgan fingerprint density at radius 2 is 2.00 bits per heavy atom. The average Bonchev–Trinajstić information content (AvgIpc) is 2.66. The van der Waals surface area contributed by atoms with Crippen LogP contribution in [0.15, 0.2) is 23.2 Å². The van der Waals surface area contributed by atoms with Gasteiger partial charge in [-0.2, -0.15) is 13.2 Å². The first-order valence-electron chi connectivity index (χ1n) is 9.95. The SMILES string of the molecule is CCOC(=O)N1CCC(NC(N)=NCc2ccc(OC(C)C)cc2C(F)(F)F)CC1. The van der Waals surface area contributed by atoms with Gasteiger partial charge in [-0.15, -0.1) is 0 Å². The van der Waals surface area contributed by atoms with Crippen molar-refractivity contribution in [2.75, 3.05) is 19.7 Å². The lowest BCUT2D eigenvalue weighted by Gasteiger charge is -2.31. The fourth-order valence-electron chi connectivity index (χ4n) is 3.15. The Morgan fingerprint density at radius 1 is 1.33 bits per heavy atom. The van der Waals surface area contributed by atoms with Crippen LogP contribution in [0.5, 0.6) is 5.75 Å². The number of carbonyl (C=O) groups excluding carboxylic acids is 1. The molecule has 0 saturated carbocycles. The fourth-order valence-corrected chi connectivity index (χ4v) is 3.15. The molecule has 7 nitrogen and oxygen atoms in total. The van der Waals surface area contributed by atoms with Crippen molar-refractivity contribution in [1.29, 1.82) is 0 Å². The second kappa shape index (κ2) is 10.4. The number of nitrogens with one attached hydrogen (secondary N) is 1. The molecule has 30 heavy (non-hydrogen) atoms. The molecule has 0 aromatic heterocycles. The molecular weight excluding hydrogens is 401 g/mol. The minimum atomic E-state index is -4.52. The van der Waals surface area contributed by atoms with Gasteiger partial charge in [-0.25, -0.2) is 9.79 Å². The number of alkyl halides is 3. The van der Waals surface area contributed by atoms with Gasteiger partial charge in [0.25, 0.3) is 0 Å². The van der Waals surface area contributed by atoms with Crippen molar-refractivity contribution in [3.63, 3.8) is 0 Å². The number of carbonyl (C=O) groups is 1. The summed E-state index contributed by atoms with van der Waals surface area (Å²) >= 11 is 0. The third-order valence-electron chi connectivity index (χ3n) is 4.55. The number of amides is 1. The minimum Gasteiger partial charge on any atom is -0.491 e. The van der Waals surface area contributed by atoms with Crippen molar-refractivity contribution < 1.29 is 27.4 Å². The maximum Gasteiger partial charge on any atom is 0.416 e. The van der Waals surface area contributed by atoms with E-state index in [1.165, 1.54) is 12.1 Å². The van der Waals surface area contributed by atoms with Crippen molar-refractivity contribution in [2.24, 2.45) is 10.7 Å². The summed E-state index contributed by atoms with van der Waals surface area (Å²) in [6.07, 6.45) is -3.82. The molecule has 168 valence electrons. The van der Waals surface area contributed by atoms with E-state index in [9.17, 15) is 18.0 Å². The standard InChI is InChI=1S/C20H29F3N4O3/c1-4-29-19(28)27-9-7-15(8-10-27)26-18(24)25-12-14-5-6-16(30-13(2)3)11-17(14)20(21,22)23/h5-6,11,13,15H,4,7-10,12H2,1-3H3,(H3,24,25,26). The van der Waals surface area contributed by atoms with Crippen LogP contribution in [0.1, 0.15) is 44.7 Å². The maximum atomic E-state index is 13.4. The summed E-state index contributed by atoms with van der Waals surface area (Å²) in [4.78, 5) is 17.4. The molecule has 1 amide bonds. The molecule has 1 aromatic rings. The summed E-state index contributed by atoms with van der Waals surface area (Å²) in [6.45, 7) is 6.37. The lowest BCUT2D eigenvalue weighted by atomic mass is 10.1. The number of hydrogen-bond donors (Lipinski definition) is 2. The third kappa shape index (κ3) is 7.00. The molecule has 10 heteroatoms. The highest BCUT2D eigenvalue weighted by atomic mass is 19.4. The van der Waals surface area contributed by atoms with Crippen LogP contribution in [-0.4, -0.2) is 48.8 Å². The summed E-state index contributed by atoms with van der Waals surface area (Å²) in [7, 11) is 0. The summed E-state index contributed by atoms with van der Waals surface area (Å²) in [6, 6.07) is 3.83. The van der Waals surface area contributed by atoms with E-state index >= 15 is 0 Å². The number of ether oxygens (including phenoxy) is 2. The quantitative estimate of drug-likeness (QED) is 0.533. The number of guanidine groups is 1. The molecular formula is C20H29F3N4O3. The number of rotatable bonds is 6. The molecule has 0 aliphatic carbocycles. The Bertz CT molecular complexity index is 745. The van der Waals surface area contributed by atoms with Crippen LogP contribution < -0.4 is 15.8 Å². The zero-order valence-electron chi connectivity index (χ0n) is 17.5. The van der Waals surface area contributed by atoms with Crippen LogP contribution >= 0.6 is 0 Å². The molecule has 1 fully saturated rings. The summed E-state index contributed by atoms with van der Waals surface area (Å²) in [5.41, 5.74) is 5.10. The topological polar surface area (TPSA) is 89.2 Å². The summed E-state index contributed by atoms with van der Waals surface area (Å²) in [5.74, 6) is 0.227.